The predicted octanol–water partition coefficient (Wildman–Crippen LogP) is 5.70. The van der Waals surface area contributed by atoms with Crippen LogP contribution >= 0.6 is 0 Å². The molecular weight excluding hydrogens is 456 g/mol. The number of aromatic carboxylic acids is 1. The molecule has 1 aromatic heterocycles. The average Bonchev–Trinajstić information content (AvgIpc) is 2.88. The molecule has 0 radical (unpaired) electrons. The molecule has 0 saturated heterocycles. The van der Waals surface area contributed by atoms with E-state index >= 15 is 0 Å². The van der Waals surface area contributed by atoms with Gasteiger partial charge in [0, 0.05) is 12.3 Å². The second kappa shape index (κ2) is 11.1. The number of aromatic nitrogens is 1. The van der Waals surface area contributed by atoms with Gasteiger partial charge >= 0.3 is 5.97 Å². The van der Waals surface area contributed by atoms with Gasteiger partial charge in [-0.15, -0.1) is 6.42 Å². The molecule has 0 fully saturated rings. The number of carbonyl (C=O) groups is 2. The molecule has 0 bridgehead atoms. The van der Waals surface area contributed by atoms with Crippen molar-refractivity contribution in [2.45, 2.75) is 25.9 Å². The van der Waals surface area contributed by atoms with Crippen LogP contribution in [0.15, 0.2) is 79.0 Å². The summed E-state index contributed by atoms with van der Waals surface area (Å²) in [6, 6.07) is 21.1. The SMILES string of the molecule is C#CC(CC)Oc1ccc2cc(Oc3ccc(CC(=O)Nc4ccccc4C(=O)O)cn3)ccc2c1. The zero-order chi connectivity index (χ0) is 25.5. The molecule has 1 atom stereocenters. The van der Waals surface area contributed by atoms with Gasteiger partial charge in [-0.1, -0.05) is 43.2 Å². The fraction of sp³-hybridized carbons (Fsp3) is 0.138. The molecule has 1 amide bonds. The third-order valence-corrected chi connectivity index (χ3v) is 5.43. The summed E-state index contributed by atoms with van der Waals surface area (Å²) in [5, 5.41) is 13.9. The number of hydrogen-bond acceptors (Lipinski definition) is 5. The van der Waals surface area contributed by atoms with E-state index < -0.39 is 5.97 Å². The predicted molar refractivity (Wildman–Crippen MR) is 138 cm³/mol. The third kappa shape index (κ3) is 5.99. The molecule has 0 aliphatic rings. The second-order valence-corrected chi connectivity index (χ2v) is 8.03. The minimum Gasteiger partial charge on any atom is -0.478 e. The van der Waals surface area contributed by atoms with Crippen molar-refractivity contribution >= 4 is 28.3 Å². The molecule has 180 valence electrons. The molecule has 4 rings (SSSR count). The Kier molecular flexibility index (Phi) is 7.47. The smallest absolute Gasteiger partial charge is 0.337 e. The lowest BCUT2D eigenvalue weighted by Crippen LogP contribution is -2.16. The Balaban J connectivity index is 1.39. The fourth-order valence-corrected chi connectivity index (χ4v) is 3.59. The van der Waals surface area contributed by atoms with Gasteiger partial charge in [-0.3, -0.25) is 4.79 Å². The van der Waals surface area contributed by atoms with E-state index in [1.54, 1.807) is 36.5 Å². The van der Waals surface area contributed by atoms with Gasteiger partial charge in [0.05, 0.1) is 17.7 Å². The minimum atomic E-state index is -1.11. The van der Waals surface area contributed by atoms with Crippen molar-refractivity contribution < 1.29 is 24.2 Å². The molecular formula is C29H24N2O5. The van der Waals surface area contributed by atoms with E-state index in [0.29, 0.717) is 22.9 Å². The number of anilines is 1. The summed E-state index contributed by atoms with van der Waals surface area (Å²) >= 11 is 0. The van der Waals surface area contributed by atoms with Crippen molar-refractivity contribution in [1.29, 1.82) is 0 Å². The van der Waals surface area contributed by atoms with Crippen LogP contribution in [0.1, 0.15) is 29.3 Å². The molecule has 1 unspecified atom stereocenters. The minimum absolute atomic E-state index is 0.0320. The van der Waals surface area contributed by atoms with Gasteiger partial charge in [0.25, 0.3) is 0 Å². The lowest BCUT2D eigenvalue weighted by molar-refractivity contribution is -0.115. The third-order valence-electron chi connectivity index (χ3n) is 5.43. The first-order valence-electron chi connectivity index (χ1n) is 11.4. The van der Waals surface area contributed by atoms with E-state index in [2.05, 4.69) is 16.2 Å². The number of terminal acetylenes is 1. The molecule has 7 heteroatoms. The van der Waals surface area contributed by atoms with E-state index in [-0.39, 0.29) is 29.7 Å². The first kappa shape index (κ1) is 24.3. The van der Waals surface area contributed by atoms with Crippen LogP contribution in [0.4, 0.5) is 5.69 Å². The Labute approximate surface area is 208 Å². The standard InChI is InChI=1S/C29H24N2O5/c1-3-22(4-2)35-23-12-10-21-17-24(13-11-20(21)16-23)36-28-14-9-19(18-30-28)15-27(32)31-26-8-6-5-7-25(26)29(33)34/h1,5-14,16-18,22H,4,15H2,2H3,(H,31,32)(H,33,34). The molecule has 3 aromatic carbocycles. The summed E-state index contributed by atoms with van der Waals surface area (Å²) in [7, 11) is 0. The van der Waals surface area contributed by atoms with Gasteiger partial charge in [-0.25, -0.2) is 9.78 Å². The van der Waals surface area contributed by atoms with Gasteiger partial charge in [0.2, 0.25) is 11.8 Å². The van der Waals surface area contributed by atoms with Crippen molar-refractivity contribution in [3.8, 4) is 29.7 Å². The second-order valence-electron chi connectivity index (χ2n) is 8.03. The molecule has 0 aliphatic carbocycles. The highest BCUT2D eigenvalue weighted by Gasteiger charge is 2.12. The van der Waals surface area contributed by atoms with Crippen molar-refractivity contribution in [3.05, 3.63) is 90.1 Å². The van der Waals surface area contributed by atoms with Crippen molar-refractivity contribution in [3.63, 3.8) is 0 Å². The maximum Gasteiger partial charge on any atom is 0.337 e. The van der Waals surface area contributed by atoms with Gasteiger partial charge in [0.1, 0.15) is 11.5 Å². The highest BCUT2D eigenvalue weighted by atomic mass is 16.5. The Morgan fingerprint density at radius 2 is 1.75 bits per heavy atom. The van der Waals surface area contributed by atoms with Crippen LogP contribution in [0.2, 0.25) is 0 Å². The number of hydrogen-bond donors (Lipinski definition) is 2. The largest absolute Gasteiger partial charge is 0.478 e. The van der Waals surface area contributed by atoms with Crippen molar-refractivity contribution in [2.24, 2.45) is 0 Å². The van der Waals surface area contributed by atoms with Crippen LogP contribution in [0.5, 0.6) is 17.4 Å². The van der Waals surface area contributed by atoms with Crippen LogP contribution in [-0.4, -0.2) is 28.1 Å². The normalized spacial score (nSPS) is 11.3. The maximum atomic E-state index is 12.4. The molecule has 2 N–H and O–H groups in total. The summed E-state index contributed by atoms with van der Waals surface area (Å²) in [5.41, 5.74) is 0.944. The van der Waals surface area contributed by atoms with Crippen LogP contribution in [-0.2, 0) is 11.2 Å². The number of carboxylic acids is 1. The number of para-hydroxylation sites is 1. The molecule has 0 saturated carbocycles. The summed E-state index contributed by atoms with van der Waals surface area (Å²) < 4.78 is 11.7. The number of nitrogens with one attached hydrogen (secondary N) is 1. The van der Waals surface area contributed by atoms with Crippen molar-refractivity contribution in [1.82, 2.24) is 4.98 Å². The fourth-order valence-electron chi connectivity index (χ4n) is 3.59. The van der Waals surface area contributed by atoms with Gasteiger partial charge < -0.3 is 19.9 Å². The summed E-state index contributed by atoms with van der Waals surface area (Å²) in [5.74, 6) is 2.89. The molecule has 1 heterocycles. The van der Waals surface area contributed by atoms with Crippen LogP contribution in [0, 0.1) is 12.3 Å². The molecule has 7 nitrogen and oxygen atoms in total. The Morgan fingerprint density at radius 1 is 1.03 bits per heavy atom. The quantitative estimate of drug-likeness (QED) is 0.298. The lowest BCUT2D eigenvalue weighted by Gasteiger charge is -2.12. The van der Waals surface area contributed by atoms with Crippen LogP contribution < -0.4 is 14.8 Å². The topological polar surface area (TPSA) is 97.8 Å². The Morgan fingerprint density at radius 3 is 2.42 bits per heavy atom. The lowest BCUT2D eigenvalue weighted by atomic mass is 10.1. The van der Waals surface area contributed by atoms with Crippen LogP contribution in [0.3, 0.4) is 0 Å². The van der Waals surface area contributed by atoms with E-state index in [0.717, 1.165) is 17.2 Å². The maximum absolute atomic E-state index is 12.4. The molecule has 0 aliphatic heterocycles. The van der Waals surface area contributed by atoms with E-state index in [1.807, 2.05) is 43.3 Å². The number of carbonyl (C=O) groups excluding carboxylic acids is 1. The average molecular weight is 481 g/mol. The number of pyridine rings is 1. The zero-order valence-corrected chi connectivity index (χ0v) is 19.6. The Bertz CT molecular complexity index is 1440. The molecule has 36 heavy (non-hydrogen) atoms. The zero-order valence-electron chi connectivity index (χ0n) is 19.6. The number of ether oxygens (including phenoxy) is 2. The number of fused-ring (bicyclic) bond motifs is 1. The van der Waals surface area contributed by atoms with Gasteiger partial charge in [-0.2, -0.15) is 0 Å². The van der Waals surface area contributed by atoms with E-state index in [1.165, 1.54) is 6.07 Å². The van der Waals surface area contributed by atoms with Gasteiger partial charge in [0.15, 0.2) is 6.10 Å². The summed E-state index contributed by atoms with van der Waals surface area (Å²) in [6.45, 7) is 1.98. The number of carboxylic acid groups (broad SMARTS) is 1. The Hall–Kier alpha value is -4.83. The van der Waals surface area contributed by atoms with E-state index in [9.17, 15) is 14.7 Å². The number of nitrogens with zero attached hydrogens (tertiary/aromatic N) is 1. The summed E-state index contributed by atoms with van der Waals surface area (Å²) in [4.78, 5) is 28.0. The van der Waals surface area contributed by atoms with E-state index in [4.69, 9.17) is 15.9 Å². The first-order chi connectivity index (χ1) is 17.4. The summed E-state index contributed by atoms with van der Waals surface area (Å²) in [6.07, 6.45) is 7.55. The van der Waals surface area contributed by atoms with Gasteiger partial charge in [-0.05, 0) is 59.2 Å². The monoisotopic (exact) mass is 480 g/mol. The van der Waals surface area contributed by atoms with Crippen molar-refractivity contribution in [2.75, 3.05) is 5.32 Å². The van der Waals surface area contributed by atoms with Crippen LogP contribution in [0.25, 0.3) is 10.8 Å². The highest BCUT2D eigenvalue weighted by Crippen LogP contribution is 2.28. The molecule has 4 aromatic rings. The highest BCUT2D eigenvalue weighted by molar-refractivity contribution is 6.01. The number of amides is 1. The number of benzene rings is 3. The molecule has 0 spiro atoms. The number of rotatable bonds is 9. The first-order valence-corrected chi connectivity index (χ1v) is 11.4.